The van der Waals surface area contributed by atoms with Crippen LogP contribution < -0.4 is 9.64 Å². The lowest BCUT2D eigenvalue weighted by Crippen LogP contribution is -2.37. The van der Waals surface area contributed by atoms with Gasteiger partial charge in [-0.15, -0.1) is 0 Å². The van der Waals surface area contributed by atoms with Crippen molar-refractivity contribution in [3.05, 3.63) is 54.1 Å². The van der Waals surface area contributed by atoms with Gasteiger partial charge in [-0.3, -0.25) is 0 Å². The van der Waals surface area contributed by atoms with Crippen LogP contribution in [0.2, 0.25) is 0 Å². The molecule has 1 heterocycles. The highest BCUT2D eigenvalue weighted by Crippen LogP contribution is 2.23. The monoisotopic (exact) mass is 368 g/mol. The van der Waals surface area contributed by atoms with Crippen molar-refractivity contribution in [2.75, 3.05) is 18.0 Å². The number of para-hydroxylation sites is 2. The number of aromatic nitrogens is 1. The van der Waals surface area contributed by atoms with E-state index in [9.17, 15) is 4.79 Å². The fourth-order valence-corrected chi connectivity index (χ4v) is 2.71. The van der Waals surface area contributed by atoms with E-state index < -0.39 is 11.6 Å². The summed E-state index contributed by atoms with van der Waals surface area (Å²) in [7, 11) is 0. The van der Waals surface area contributed by atoms with Crippen molar-refractivity contribution in [2.45, 2.75) is 32.8 Å². The van der Waals surface area contributed by atoms with E-state index in [0.717, 1.165) is 36.2 Å². The number of benzene rings is 2. The molecule has 0 unspecified atom stereocenters. The molecule has 0 fully saturated rings. The fraction of sp³-hybridized carbons (Fsp3) is 0.333. The van der Waals surface area contributed by atoms with Crippen molar-refractivity contribution in [3.8, 4) is 5.75 Å². The van der Waals surface area contributed by atoms with E-state index in [2.05, 4.69) is 16.8 Å². The minimum atomic E-state index is -1.26. The van der Waals surface area contributed by atoms with E-state index in [1.54, 1.807) is 12.1 Å². The van der Waals surface area contributed by atoms with Gasteiger partial charge >= 0.3 is 5.97 Å². The Bertz CT molecular complexity index is 882. The van der Waals surface area contributed by atoms with Crippen LogP contribution in [0.1, 0.15) is 26.3 Å². The third kappa shape index (κ3) is 4.39. The maximum atomic E-state index is 11.2. The number of carbonyl (C=O) groups is 1. The molecule has 6 heteroatoms. The van der Waals surface area contributed by atoms with Crippen LogP contribution in [0, 0.1) is 0 Å². The van der Waals surface area contributed by atoms with Gasteiger partial charge in [0.15, 0.2) is 11.2 Å². The summed E-state index contributed by atoms with van der Waals surface area (Å²) in [5, 5.41) is 9.14. The summed E-state index contributed by atoms with van der Waals surface area (Å²) >= 11 is 0. The van der Waals surface area contributed by atoms with Crippen LogP contribution in [0.15, 0.2) is 52.9 Å². The maximum Gasteiger partial charge on any atom is 0.347 e. The highest BCUT2D eigenvalue weighted by molar-refractivity contribution is 5.76. The van der Waals surface area contributed by atoms with Gasteiger partial charge in [-0.05, 0) is 57.0 Å². The van der Waals surface area contributed by atoms with Gasteiger partial charge in [0.05, 0.1) is 0 Å². The molecule has 6 nitrogen and oxygen atoms in total. The molecule has 3 rings (SSSR count). The first kappa shape index (κ1) is 18.8. The lowest BCUT2D eigenvalue weighted by atomic mass is 10.1. The molecule has 0 radical (unpaired) electrons. The van der Waals surface area contributed by atoms with Gasteiger partial charge in [-0.2, -0.15) is 4.98 Å². The summed E-state index contributed by atoms with van der Waals surface area (Å²) in [5.74, 6) is -0.457. The summed E-state index contributed by atoms with van der Waals surface area (Å²) in [6.07, 6.45) is 0.815. The number of rotatable bonds is 8. The van der Waals surface area contributed by atoms with Gasteiger partial charge in [0.1, 0.15) is 11.3 Å². The van der Waals surface area contributed by atoms with Crippen molar-refractivity contribution >= 4 is 23.1 Å². The smallest absolute Gasteiger partial charge is 0.347 e. The standard InChI is InChI=1S/C21H24N2O4/c1-4-23(20-22-17-7-5-6-8-18(17)26-20)14-13-15-9-11-16(12-10-15)27-21(2,3)19(24)25/h5-12H,4,13-14H2,1-3H3,(H,24,25). The molecule has 1 N–H and O–H groups in total. The van der Waals surface area contributed by atoms with Crippen molar-refractivity contribution in [2.24, 2.45) is 0 Å². The highest BCUT2D eigenvalue weighted by atomic mass is 16.5. The fourth-order valence-electron chi connectivity index (χ4n) is 2.71. The van der Waals surface area contributed by atoms with Crippen LogP contribution >= 0.6 is 0 Å². The Balaban J connectivity index is 1.63. The molecule has 3 aromatic rings. The van der Waals surface area contributed by atoms with Crippen molar-refractivity contribution in [3.63, 3.8) is 0 Å². The number of nitrogens with zero attached hydrogens (tertiary/aromatic N) is 2. The minimum Gasteiger partial charge on any atom is -0.478 e. The number of hydrogen-bond acceptors (Lipinski definition) is 5. The summed E-state index contributed by atoms with van der Waals surface area (Å²) in [4.78, 5) is 17.8. The Labute approximate surface area is 158 Å². The van der Waals surface area contributed by atoms with Crippen LogP contribution in [0.25, 0.3) is 11.1 Å². The van der Waals surface area contributed by atoms with Gasteiger partial charge in [0.2, 0.25) is 0 Å². The minimum absolute atomic E-state index is 0.539. The first-order valence-electron chi connectivity index (χ1n) is 9.01. The number of carboxylic acid groups (broad SMARTS) is 1. The number of hydrogen-bond donors (Lipinski definition) is 1. The molecule has 2 aromatic carbocycles. The van der Waals surface area contributed by atoms with Crippen molar-refractivity contribution in [1.29, 1.82) is 0 Å². The van der Waals surface area contributed by atoms with Crippen molar-refractivity contribution in [1.82, 2.24) is 4.98 Å². The molecular weight excluding hydrogens is 344 g/mol. The van der Waals surface area contributed by atoms with Crippen LogP contribution in [-0.4, -0.2) is 34.8 Å². The van der Waals surface area contributed by atoms with Crippen LogP contribution in [-0.2, 0) is 11.2 Å². The number of carboxylic acids is 1. The molecule has 0 bridgehead atoms. The zero-order chi connectivity index (χ0) is 19.4. The Kier molecular flexibility index (Phi) is 5.35. The Morgan fingerprint density at radius 3 is 2.52 bits per heavy atom. The normalized spacial score (nSPS) is 11.5. The summed E-state index contributed by atoms with van der Waals surface area (Å²) in [6.45, 7) is 6.69. The van der Waals surface area contributed by atoms with Crippen LogP contribution in [0.3, 0.4) is 0 Å². The van der Waals surface area contributed by atoms with Gasteiger partial charge in [-0.1, -0.05) is 24.3 Å². The van der Waals surface area contributed by atoms with Gasteiger partial charge < -0.3 is 19.2 Å². The Hall–Kier alpha value is -3.02. The molecule has 142 valence electrons. The lowest BCUT2D eigenvalue weighted by molar-refractivity contribution is -0.152. The predicted molar refractivity (Wildman–Crippen MR) is 104 cm³/mol. The molecule has 0 spiro atoms. The molecule has 1 aromatic heterocycles. The third-order valence-electron chi connectivity index (χ3n) is 4.42. The second-order valence-electron chi connectivity index (χ2n) is 6.86. The zero-order valence-corrected chi connectivity index (χ0v) is 15.8. The third-order valence-corrected chi connectivity index (χ3v) is 4.42. The molecule has 0 saturated heterocycles. The number of likely N-dealkylation sites (N-methyl/N-ethyl adjacent to an activating group) is 1. The first-order valence-corrected chi connectivity index (χ1v) is 9.01. The number of aliphatic carboxylic acids is 1. The topological polar surface area (TPSA) is 75.8 Å². The van der Waals surface area contributed by atoms with E-state index >= 15 is 0 Å². The van der Waals surface area contributed by atoms with E-state index in [1.165, 1.54) is 13.8 Å². The Morgan fingerprint density at radius 2 is 1.89 bits per heavy atom. The van der Waals surface area contributed by atoms with E-state index in [4.69, 9.17) is 14.3 Å². The van der Waals surface area contributed by atoms with Gasteiger partial charge in [0, 0.05) is 13.1 Å². The first-order chi connectivity index (χ1) is 12.9. The average molecular weight is 368 g/mol. The van der Waals surface area contributed by atoms with Gasteiger partial charge in [-0.25, -0.2) is 4.79 Å². The number of ether oxygens (including phenoxy) is 1. The second-order valence-corrected chi connectivity index (χ2v) is 6.86. The SMILES string of the molecule is CCN(CCc1ccc(OC(C)(C)C(=O)O)cc1)c1nc2ccccc2o1. The molecule has 0 aliphatic rings. The van der Waals surface area contributed by atoms with E-state index in [-0.39, 0.29) is 0 Å². The quantitative estimate of drug-likeness (QED) is 0.644. The summed E-state index contributed by atoms with van der Waals surface area (Å²) < 4.78 is 11.4. The highest BCUT2D eigenvalue weighted by Gasteiger charge is 2.29. The summed E-state index contributed by atoms with van der Waals surface area (Å²) in [6, 6.07) is 15.9. The summed E-state index contributed by atoms with van der Waals surface area (Å²) in [5.41, 5.74) is 1.51. The molecule has 0 aliphatic heterocycles. The maximum absolute atomic E-state index is 11.2. The van der Waals surface area contributed by atoms with Crippen LogP contribution in [0.4, 0.5) is 6.01 Å². The molecule has 27 heavy (non-hydrogen) atoms. The number of fused-ring (bicyclic) bond motifs is 1. The molecule has 0 amide bonds. The van der Waals surface area contributed by atoms with Gasteiger partial charge in [0.25, 0.3) is 6.01 Å². The van der Waals surface area contributed by atoms with E-state index in [0.29, 0.717) is 11.8 Å². The zero-order valence-electron chi connectivity index (χ0n) is 15.8. The molecule has 0 atom stereocenters. The lowest BCUT2D eigenvalue weighted by Gasteiger charge is -2.22. The molecule has 0 aliphatic carbocycles. The largest absolute Gasteiger partial charge is 0.478 e. The second kappa shape index (κ2) is 7.70. The van der Waals surface area contributed by atoms with E-state index in [1.807, 2.05) is 36.4 Å². The Morgan fingerprint density at radius 1 is 1.19 bits per heavy atom. The molecule has 0 saturated carbocycles. The number of oxazole rings is 1. The van der Waals surface area contributed by atoms with Crippen molar-refractivity contribution < 1.29 is 19.1 Å². The average Bonchev–Trinajstić information content (AvgIpc) is 3.07. The number of anilines is 1. The van der Waals surface area contributed by atoms with Crippen LogP contribution in [0.5, 0.6) is 5.75 Å². The predicted octanol–water partition coefficient (Wildman–Crippen LogP) is 4.14. The molecular formula is C21H24N2O4.